The van der Waals surface area contributed by atoms with E-state index in [1.165, 1.54) is 6.42 Å². The minimum absolute atomic E-state index is 0.0466. The minimum atomic E-state index is -0.230. The predicted octanol–water partition coefficient (Wildman–Crippen LogP) is 6.10. The standard InChI is InChI=1S/C22H18Cl2O4/c23-17-9-6-13(10-18(17)24)11-20-21(25)16-8-7-15(12-19(16)28-20)27-22(26)14-4-2-1-3-5-14/h6-12,14H,1-5H2/b20-11+. The Labute approximate surface area is 173 Å². The summed E-state index contributed by atoms with van der Waals surface area (Å²) < 4.78 is 11.2. The molecule has 0 atom stereocenters. The second-order valence-electron chi connectivity index (χ2n) is 7.03. The van der Waals surface area contributed by atoms with Gasteiger partial charge in [0.15, 0.2) is 5.76 Å². The molecular weight excluding hydrogens is 399 g/mol. The maximum Gasteiger partial charge on any atom is 0.314 e. The van der Waals surface area contributed by atoms with Crippen LogP contribution >= 0.6 is 23.2 Å². The zero-order valence-corrected chi connectivity index (χ0v) is 16.6. The van der Waals surface area contributed by atoms with Crippen LogP contribution in [0.25, 0.3) is 6.08 Å². The molecule has 0 unspecified atom stereocenters. The van der Waals surface area contributed by atoms with Gasteiger partial charge in [-0.05, 0) is 48.7 Å². The number of esters is 1. The molecule has 28 heavy (non-hydrogen) atoms. The molecule has 1 heterocycles. The van der Waals surface area contributed by atoms with Crippen LogP contribution in [0.4, 0.5) is 0 Å². The lowest BCUT2D eigenvalue weighted by molar-refractivity contribution is -0.139. The first-order valence-electron chi connectivity index (χ1n) is 9.26. The molecule has 4 rings (SSSR count). The number of benzene rings is 2. The van der Waals surface area contributed by atoms with Crippen molar-refractivity contribution in [2.75, 3.05) is 0 Å². The number of halogens is 2. The largest absolute Gasteiger partial charge is 0.452 e. The van der Waals surface area contributed by atoms with Crippen molar-refractivity contribution >= 4 is 41.0 Å². The van der Waals surface area contributed by atoms with Crippen molar-refractivity contribution in [2.24, 2.45) is 5.92 Å². The first-order valence-corrected chi connectivity index (χ1v) is 10.0. The van der Waals surface area contributed by atoms with E-state index in [1.54, 1.807) is 42.5 Å². The summed E-state index contributed by atoms with van der Waals surface area (Å²) in [4.78, 5) is 24.9. The molecule has 1 aliphatic heterocycles. The predicted molar refractivity (Wildman–Crippen MR) is 108 cm³/mol. The minimum Gasteiger partial charge on any atom is -0.452 e. The Bertz CT molecular complexity index is 974. The fourth-order valence-electron chi connectivity index (χ4n) is 3.52. The van der Waals surface area contributed by atoms with Crippen molar-refractivity contribution in [2.45, 2.75) is 32.1 Å². The van der Waals surface area contributed by atoms with Crippen molar-refractivity contribution in [3.63, 3.8) is 0 Å². The quantitative estimate of drug-likeness (QED) is 0.344. The number of carbonyl (C=O) groups excluding carboxylic acids is 2. The van der Waals surface area contributed by atoms with Gasteiger partial charge < -0.3 is 9.47 Å². The molecule has 0 radical (unpaired) electrons. The molecule has 2 aromatic carbocycles. The van der Waals surface area contributed by atoms with Gasteiger partial charge in [0.1, 0.15) is 11.5 Å². The van der Waals surface area contributed by atoms with Crippen LogP contribution in [-0.4, -0.2) is 11.8 Å². The normalized spacial score (nSPS) is 18.1. The zero-order chi connectivity index (χ0) is 19.7. The maximum atomic E-state index is 12.6. The number of fused-ring (bicyclic) bond motifs is 1. The van der Waals surface area contributed by atoms with Crippen molar-refractivity contribution in [3.8, 4) is 11.5 Å². The van der Waals surface area contributed by atoms with Crippen LogP contribution in [-0.2, 0) is 4.79 Å². The van der Waals surface area contributed by atoms with Gasteiger partial charge >= 0.3 is 5.97 Å². The molecule has 1 fully saturated rings. The zero-order valence-electron chi connectivity index (χ0n) is 15.0. The average molecular weight is 417 g/mol. The van der Waals surface area contributed by atoms with Crippen LogP contribution in [0.2, 0.25) is 10.0 Å². The molecule has 1 saturated carbocycles. The second-order valence-corrected chi connectivity index (χ2v) is 7.84. The summed E-state index contributed by atoms with van der Waals surface area (Å²) in [7, 11) is 0. The number of hydrogen-bond donors (Lipinski definition) is 0. The van der Waals surface area contributed by atoms with Gasteiger partial charge in [-0.15, -0.1) is 0 Å². The fourth-order valence-corrected chi connectivity index (χ4v) is 3.83. The third-order valence-corrected chi connectivity index (χ3v) is 5.78. The van der Waals surface area contributed by atoms with Crippen molar-refractivity contribution in [3.05, 3.63) is 63.3 Å². The molecule has 4 nitrogen and oxygen atoms in total. The van der Waals surface area contributed by atoms with E-state index in [0.717, 1.165) is 25.7 Å². The smallest absolute Gasteiger partial charge is 0.314 e. The van der Waals surface area contributed by atoms with Crippen molar-refractivity contribution in [1.82, 2.24) is 0 Å². The summed E-state index contributed by atoms with van der Waals surface area (Å²) in [6.07, 6.45) is 6.64. The monoisotopic (exact) mass is 416 g/mol. The second kappa shape index (κ2) is 7.98. The Morgan fingerprint density at radius 1 is 1.04 bits per heavy atom. The van der Waals surface area contributed by atoms with Crippen LogP contribution in [0.15, 0.2) is 42.2 Å². The molecule has 144 valence electrons. The van der Waals surface area contributed by atoms with E-state index in [0.29, 0.717) is 32.7 Å². The molecule has 0 saturated heterocycles. The summed E-state index contributed by atoms with van der Waals surface area (Å²) in [6, 6.07) is 9.90. The Balaban J connectivity index is 1.51. The summed E-state index contributed by atoms with van der Waals surface area (Å²) in [5.41, 5.74) is 1.14. The first-order chi connectivity index (χ1) is 13.5. The number of ketones is 1. The van der Waals surface area contributed by atoms with Crippen LogP contribution in [0.3, 0.4) is 0 Å². The SMILES string of the molecule is O=C1/C(=C\c2ccc(Cl)c(Cl)c2)Oc2cc(OC(=O)C3CCCCC3)ccc21. The van der Waals surface area contributed by atoms with Crippen molar-refractivity contribution < 1.29 is 19.1 Å². The first kappa shape index (κ1) is 19.0. The number of Topliss-reactive ketones (excluding diaryl/α,β-unsaturated/α-hetero) is 1. The highest BCUT2D eigenvalue weighted by molar-refractivity contribution is 6.42. The van der Waals surface area contributed by atoms with Gasteiger partial charge in [0.2, 0.25) is 5.78 Å². The van der Waals surface area contributed by atoms with E-state index in [9.17, 15) is 9.59 Å². The number of hydrogen-bond acceptors (Lipinski definition) is 4. The number of carbonyl (C=O) groups is 2. The van der Waals surface area contributed by atoms with Gasteiger partial charge in [0, 0.05) is 6.07 Å². The average Bonchev–Trinajstić information content (AvgIpc) is 3.00. The Morgan fingerprint density at radius 2 is 1.82 bits per heavy atom. The molecule has 0 bridgehead atoms. The lowest BCUT2D eigenvalue weighted by Gasteiger charge is -2.19. The molecule has 2 aromatic rings. The van der Waals surface area contributed by atoms with Crippen LogP contribution in [0.5, 0.6) is 11.5 Å². The summed E-state index contributed by atoms with van der Waals surface area (Å²) in [5, 5.41) is 0.839. The van der Waals surface area contributed by atoms with E-state index in [-0.39, 0.29) is 23.4 Å². The fraction of sp³-hybridized carbons (Fsp3) is 0.273. The van der Waals surface area contributed by atoms with E-state index < -0.39 is 0 Å². The van der Waals surface area contributed by atoms with Gasteiger partial charge in [-0.2, -0.15) is 0 Å². The Morgan fingerprint density at radius 3 is 2.57 bits per heavy atom. The van der Waals surface area contributed by atoms with Gasteiger partial charge in [0.05, 0.1) is 21.5 Å². The molecule has 0 N–H and O–H groups in total. The van der Waals surface area contributed by atoms with E-state index in [4.69, 9.17) is 32.7 Å². The molecule has 0 aromatic heterocycles. The lowest BCUT2D eigenvalue weighted by Crippen LogP contribution is -2.22. The highest BCUT2D eigenvalue weighted by atomic mass is 35.5. The van der Waals surface area contributed by atoms with E-state index >= 15 is 0 Å². The van der Waals surface area contributed by atoms with Gasteiger partial charge in [-0.1, -0.05) is 48.5 Å². The summed E-state index contributed by atoms with van der Waals surface area (Å²) >= 11 is 11.9. The van der Waals surface area contributed by atoms with Crippen LogP contribution < -0.4 is 9.47 Å². The van der Waals surface area contributed by atoms with Gasteiger partial charge in [-0.25, -0.2) is 0 Å². The lowest BCUT2D eigenvalue weighted by atomic mass is 9.89. The third-order valence-electron chi connectivity index (χ3n) is 5.04. The maximum absolute atomic E-state index is 12.6. The summed E-state index contributed by atoms with van der Waals surface area (Å²) in [5.74, 6) is 0.462. The van der Waals surface area contributed by atoms with Crippen molar-refractivity contribution in [1.29, 1.82) is 0 Å². The van der Waals surface area contributed by atoms with Gasteiger partial charge in [-0.3, -0.25) is 9.59 Å². The number of allylic oxidation sites excluding steroid dienone is 1. The molecule has 1 aliphatic carbocycles. The molecule has 0 amide bonds. The molecule has 2 aliphatic rings. The van der Waals surface area contributed by atoms with E-state index in [2.05, 4.69) is 0 Å². The number of rotatable bonds is 3. The number of ether oxygens (including phenoxy) is 2. The Kier molecular flexibility index (Phi) is 5.42. The molecular formula is C22H18Cl2O4. The van der Waals surface area contributed by atoms with Crippen LogP contribution in [0, 0.1) is 5.92 Å². The molecule has 0 spiro atoms. The highest BCUT2D eigenvalue weighted by Crippen LogP contribution is 2.36. The molecule has 6 heteroatoms. The van der Waals surface area contributed by atoms with Gasteiger partial charge in [0.25, 0.3) is 0 Å². The van der Waals surface area contributed by atoms with Crippen LogP contribution in [0.1, 0.15) is 48.0 Å². The topological polar surface area (TPSA) is 52.6 Å². The highest BCUT2D eigenvalue weighted by Gasteiger charge is 2.29. The van der Waals surface area contributed by atoms with E-state index in [1.807, 2.05) is 0 Å². The third kappa shape index (κ3) is 3.94. The Hall–Kier alpha value is -2.30. The summed E-state index contributed by atoms with van der Waals surface area (Å²) in [6.45, 7) is 0.